The van der Waals surface area contributed by atoms with Crippen LogP contribution in [0.5, 0.6) is 0 Å². The van der Waals surface area contributed by atoms with Crippen LogP contribution in [-0.4, -0.2) is 22.7 Å². The quantitative estimate of drug-likeness (QED) is 0.452. The number of H-pyrrole nitrogens is 1. The molecule has 0 fully saturated rings. The number of hydrogen-bond donors (Lipinski definition) is 3. The number of esters is 1. The molecule has 25 heavy (non-hydrogen) atoms. The zero-order chi connectivity index (χ0) is 17.8. The molecule has 128 valence electrons. The third-order valence-corrected chi connectivity index (χ3v) is 4.08. The van der Waals surface area contributed by atoms with Gasteiger partial charge < -0.3 is 20.4 Å². The molecule has 0 saturated carbocycles. The lowest BCUT2D eigenvalue weighted by atomic mass is 10.2. The van der Waals surface area contributed by atoms with Crippen molar-refractivity contribution < 1.29 is 9.53 Å². The molecule has 0 unspecified atom stereocenters. The molecule has 0 spiro atoms. The normalized spacial score (nSPS) is 10.5. The molecule has 0 saturated heterocycles. The number of aromatic nitrogens is 1. The molecule has 3 aromatic rings. The van der Waals surface area contributed by atoms with Gasteiger partial charge in [-0.05, 0) is 37.3 Å². The van der Waals surface area contributed by atoms with Crippen LogP contribution in [-0.2, 0) is 4.74 Å². The zero-order valence-corrected chi connectivity index (χ0v) is 15.0. The van der Waals surface area contributed by atoms with Crippen LogP contribution < -0.4 is 10.6 Å². The molecule has 0 atom stereocenters. The lowest BCUT2D eigenvalue weighted by molar-refractivity contribution is 0.0522. The predicted octanol–water partition coefficient (Wildman–Crippen LogP) is 4.81. The van der Waals surface area contributed by atoms with Gasteiger partial charge in [-0.25, -0.2) is 4.79 Å². The maximum atomic E-state index is 12.3. The van der Waals surface area contributed by atoms with Crippen molar-refractivity contribution in [1.29, 1.82) is 0 Å². The second-order valence-electron chi connectivity index (χ2n) is 5.20. The van der Waals surface area contributed by atoms with E-state index in [2.05, 4.69) is 15.6 Å². The number of aromatic amines is 1. The van der Waals surface area contributed by atoms with Gasteiger partial charge in [0.05, 0.1) is 23.0 Å². The minimum atomic E-state index is -0.443. The average molecular weight is 374 g/mol. The molecular formula is C18H16ClN3O2S. The molecule has 5 nitrogen and oxygen atoms in total. The Kier molecular flexibility index (Phi) is 5.21. The summed E-state index contributed by atoms with van der Waals surface area (Å²) in [5, 5.41) is 7.83. The molecule has 2 aromatic carbocycles. The van der Waals surface area contributed by atoms with Gasteiger partial charge in [-0.2, -0.15) is 0 Å². The summed E-state index contributed by atoms with van der Waals surface area (Å²) in [7, 11) is 0. The number of carbonyl (C=O) groups excluding carboxylic acids is 1. The van der Waals surface area contributed by atoms with Crippen LogP contribution >= 0.6 is 23.8 Å². The molecule has 0 aliphatic rings. The number of rotatable bonds is 4. The number of hydrogen-bond acceptors (Lipinski definition) is 3. The lowest BCUT2D eigenvalue weighted by Crippen LogP contribution is -2.21. The van der Waals surface area contributed by atoms with Gasteiger partial charge in [0, 0.05) is 10.9 Å². The molecule has 1 aromatic heterocycles. The van der Waals surface area contributed by atoms with Crippen molar-refractivity contribution in [2.45, 2.75) is 6.92 Å². The van der Waals surface area contributed by atoms with Crippen molar-refractivity contribution >= 4 is 57.2 Å². The number of fused-ring (bicyclic) bond motifs is 1. The van der Waals surface area contributed by atoms with E-state index in [9.17, 15) is 4.79 Å². The Labute approximate surface area is 155 Å². The van der Waals surface area contributed by atoms with Crippen molar-refractivity contribution in [2.24, 2.45) is 0 Å². The SMILES string of the molecule is CCOC(=O)c1[nH]c2ccccc2c1NC(=S)Nc1ccccc1Cl. The average Bonchev–Trinajstić information content (AvgIpc) is 2.96. The summed E-state index contributed by atoms with van der Waals surface area (Å²) in [6.45, 7) is 2.05. The van der Waals surface area contributed by atoms with E-state index in [1.54, 1.807) is 13.0 Å². The number of halogens is 1. The lowest BCUT2D eigenvalue weighted by Gasteiger charge is -2.12. The van der Waals surface area contributed by atoms with Gasteiger partial charge in [-0.3, -0.25) is 0 Å². The van der Waals surface area contributed by atoms with Gasteiger partial charge >= 0.3 is 5.97 Å². The van der Waals surface area contributed by atoms with Gasteiger partial charge in [-0.15, -0.1) is 0 Å². The summed E-state index contributed by atoms with van der Waals surface area (Å²) in [5.41, 5.74) is 2.39. The van der Waals surface area contributed by atoms with E-state index in [1.807, 2.05) is 42.5 Å². The third-order valence-electron chi connectivity index (χ3n) is 3.55. The molecule has 7 heteroatoms. The highest BCUT2D eigenvalue weighted by Gasteiger charge is 2.19. The highest BCUT2D eigenvalue weighted by molar-refractivity contribution is 7.80. The van der Waals surface area contributed by atoms with Gasteiger partial charge in [0.1, 0.15) is 5.69 Å². The number of ether oxygens (including phenoxy) is 1. The van der Waals surface area contributed by atoms with Crippen LogP contribution in [0.4, 0.5) is 11.4 Å². The minimum absolute atomic E-state index is 0.288. The summed E-state index contributed by atoms with van der Waals surface area (Å²) in [4.78, 5) is 15.3. The fourth-order valence-corrected chi connectivity index (χ4v) is 2.85. The number of thiocarbonyl (C=S) groups is 1. The van der Waals surface area contributed by atoms with Gasteiger partial charge in [0.25, 0.3) is 0 Å². The standard InChI is InChI=1S/C18H16ClN3O2S/c1-2-24-17(23)16-15(11-7-3-5-9-13(11)20-16)22-18(25)21-14-10-6-4-8-12(14)19/h3-10,20H,2H2,1H3,(H2,21,22,25). The predicted molar refractivity (Wildman–Crippen MR) is 106 cm³/mol. The van der Waals surface area contributed by atoms with Crippen molar-refractivity contribution in [1.82, 2.24) is 4.98 Å². The smallest absolute Gasteiger partial charge is 0.356 e. The summed E-state index contributed by atoms with van der Waals surface area (Å²) in [6.07, 6.45) is 0. The van der Waals surface area contributed by atoms with Crippen molar-refractivity contribution in [2.75, 3.05) is 17.2 Å². The van der Waals surface area contributed by atoms with E-state index < -0.39 is 5.97 Å². The van der Waals surface area contributed by atoms with Gasteiger partial charge in [0.2, 0.25) is 0 Å². The van der Waals surface area contributed by atoms with E-state index in [1.165, 1.54) is 0 Å². The maximum Gasteiger partial charge on any atom is 0.356 e. The molecule has 0 aliphatic carbocycles. The van der Waals surface area contributed by atoms with E-state index in [-0.39, 0.29) is 6.61 Å². The molecular weight excluding hydrogens is 358 g/mol. The summed E-state index contributed by atoms with van der Waals surface area (Å²) in [6, 6.07) is 14.8. The topological polar surface area (TPSA) is 66.2 Å². The number of para-hydroxylation sites is 2. The summed E-state index contributed by atoms with van der Waals surface area (Å²) >= 11 is 11.5. The third kappa shape index (κ3) is 3.75. The first-order chi connectivity index (χ1) is 12.1. The van der Waals surface area contributed by atoms with Crippen LogP contribution in [0.25, 0.3) is 10.9 Å². The molecule has 0 radical (unpaired) electrons. The number of benzene rings is 2. The fourth-order valence-electron chi connectivity index (χ4n) is 2.46. The number of anilines is 2. The monoisotopic (exact) mass is 373 g/mol. The Morgan fingerprint density at radius 2 is 1.88 bits per heavy atom. The molecule has 0 bridgehead atoms. The maximum absolute atomic E-state index is 12.3. The van der Waals surface area contributed by atoms with Crippen molar-refractivity contribution in [3.63, 3.8) is 0 Å². The number of carbonyl (C=O) groups is 1. The Bertz CT molecular complexity index is 939. The Hall–Kier alpha value is -2.57. The highest BCUT2D eigenvalue weighted by atomic mass is 35.5. The highest BCUT2D eigenvalue weighted by Crippen LogP contribution is 2.29. The Balaban J connectivity index is 1.91. The van der Waals surface area contributed by atoms with Crippen LogP contribution in [0.1, 0.15) is 17.4 Å². The van der Waals surface area contributed by atoms with E-state index in [0.717, 1.165) is 10.9 Å². The second kappa shape index (κ2) is 7.55. The van der Waals surface area contributed by atoms with Crippen LogP contribution in [0.3, 0.4) is 0 Å². The Morgan fingerprint density at radius 1 is 1.16 bits per heavy atom. The molecule has 0 amide bonds. The second-order valence-corrected chi connectivity index (χ2v) is 6.02. The van der Waals surface area contributed by atoms with Gasteiger partial charge in [0.15, 0.2) is 5.11 Å². The van der Waals surface area contributed by atoms with Crippen LogP contribution in [0.2, 0.25) is 5.02 Å². The summed E-state index contributed by atoms with van der Waals surface area (Å²) in [5.74, 6) is -0.443. The largest absolute Gasteiger partial charge is 0.461 e. The zero-order valence-electron chi connectivity index (χ0n) is 13.4. The van der Waals surface area contributed by atoms with Crippen LogP contribution in [0, 0.1) is 0 Å². The molecule has 0 aliphatic heterocycles. The first-order valence-corrected chi connectivity index (χ1v) is 8.49. The molecule has 3 rings (SSSR count). The Morgan fingerprint density at radius 3 is 2.64 bits per heavy atom. The number of nitrogens with one attached hydrogen (secondary N) is 3. The minimum Gasteiger partial charge on any atom is -0.461 e. The molecule has 1 heterocycles. The van der Waals surface area contributed by atoms with Crippen molar-refractivity contribution in [3.8, 4) is 0 Å². The van der Waals surface area contributed by atoms with Crippen LogP contribution in [0.15, 0.2) is 48.5 Å². The van der Waals surface area contributed by atoms with Crippen molar-refractivity contribution in [3.05, 3.63) is 59.2 Å². The van der Waals surface area contributed by atoms with Gasteiger partial charge in [-0.1, -0.05) is 41.9 Å². The van der Waals surface area contributed by atoms with E-state index >= 15 is 0 Å². The van der Waals surface area contributed by atoms with E-state index in [4.69, 9.17) is 28.6 Å². The first kappa shape index (κ1) is 17.3. The summed E-state index contributed by atoms with van der Waals surface area (Å²) < 4.78 is 5.12. The molecule has 3 N–H and O–H groups in total. The van der Waals surface area contributed by atoms with E-state index in [0.29, 0.717) is 27.2 Å². The fraction of sp³-hybridized carbons (Fsp3) is 0.111. The first-order valence-electron chi connectivity index (χ1n) is 7.70.